The largest absolute Gasteiger partial charge is 0.478 e. The Balaban J connectivity index is 1.89. The first kappa shape index (κ1) is 20.1. The van der Waals surface area contributed by atoms with Crippen molar-refractivity contribution in [3.05, 3.63) is 68.1 Å². The van der Waals surface area contributed by atoms with E-state index < -0.39 is 4.92 Å². The number of hydrogen-bond acceptors (Lipinski definition) is 7. The molecular formula is C20H16N4O4S. The number of rotatable bonds is 5. The Labute approximate surface area is 171 Å². The third-order valence-electron chi connectivity index (χ3n) is 4.20. The highest BCUT2D eigenvalue weighted by molar-refractivity contribution is 8.18. The lowest BCUT2D eigenvalue weighted by molar-refractivity contribution is -0.385. The molecule has 0 radical (unpaired) electrons. The average Bonchev–Trinajstić information content (AvgIpc) is 3.02. The Kier molecular flexibility index (Phi) is 5.95. The molecule has 1 heterocycles. The van der Waals surface area contributed by atoms with E-state index >= 15 is 0 Å². The number of amidine groups is 1. The lowest BCUT2D eigenvalue weighted by Gasteiger charge is -2.05. The van der Waals surface area contributed by atoms with Crippen LogP contribution in [0.5, 0.6) is 5.75 Å². The molecule has 1 saturated heterocycles. The average molecular weight is 408 g/mol. The summed E-state index contributed by atoms with van der Waals surface area (Å²) in [6.07, 6.45) is 1.65. The molecule has 0 atom stereocenters. The molecule has 0 aliphatic carbocycles. The van der Waals surface area contributed by atoms with Gasteiger partial charge in [0, 0.05) is 17.2 Å². The molecule has 1 fully saturated rings. The SMILES string of the molecule is Cc1cc(N=C2NC(=O)/C(=C/c3ccccc3OCC#N)S2)cc([N+](=O)[O-])c1C. The van der Waals surface area contributed by atoms with Crippen LogP contribution >= 0.6 is 11.8 Å². The fourth-order valence-electron chi connectivity index (χ4n) is 2.66. The van der Waals surface area contributed by atoms with E-state index in [1.165, 1.54) is 6.07 Å². The Bertz CT molecular complexity index is 1100. The summed E-state index contributed by atoms with van der Waals surface area (Å²) >= 11 is 1.13. The second-order valence-corrected chi connectivity index (χ2v) is 7.16. The van der Waals surface area contributed by atoms with Crippen LogP contribution in [0.1, 0.15) is 16.7 Å². The second kappa shape index (κ2) is 8.58. The van der Waals surface area contributed by atoms with Crippen LogP contribution in [-0.4, -0.2) is 22.6 Å². The monoisotopic (exact) mass is 408 g/mol. The summed E-state index contributed by atoms with van der Waals surface area (Å²) in [5.41, 5.74) is 2.35. The van der Waals surface area contributed by atoms with Gasteiger partial charge in [0.15, 0.2) is 11.8 Å². The Morgan fingerprint density at radius 1 is 1.34 bits per heavy atom. The predicted octanol–water partition coefficient (Wildman–Crippen LogP) is 4.01. The Morgan fingerprint density at radius 3 is 2.83 bits per heavy atom. The first-order chi connectivity index (χ1) is 13.9. The van der Waals surface area contributed by atoms with Crippen LogP contribution < -0.4 is 10.1 Å². The summed E-state index contributed by atoms with van der Waals surface area (Å²) in [4.78, 5) is 27.8. The zero-order chi connectivity index (χ0) is 21.0. The van der Waals surface area contributed by atoms with Crippen molar-refractivity contribution >= 4 is 40.3 Å². The molecule has 0 aromatic heterocycles. The smallest absolute Gasteiger partial charge is 0.274 e. The van der Waals surface area contributed by atoms with E-state index in [9.17, 15) is 14.9 Å². The summed E-state index contributed by atoms with van der Waals surface area (Å²) in [6, 6.07) is 12.1. The number of aryl methyl sites for hydroxylation is 1. The molecule has 0 spiro atoms. The number of nitrogens with one attached hydrogen (secondary N) is 1. The molecule has 0 unspecified atom stereocenters. The molecule has 8 nitrogen and oxygen atoms in total. The van der Waals surface area contributed by atoms with E-state index in [4.69, 9.17) is 10.00 Å². The molecule has 2 aromatic carbocycles. The summed E-state index contributed by atoms with van der Waals surface area (Å²) in [5.74, 6) is 0.160. The number of thioether (sulfide) groups is 1. The first-order valence-electron chi connectivity index (χ1n) is 8.53. The van der Waals surface area contributed by atoms with Crippen molar-refractivity contribution in [3.63, 3.8) is 0 Å². The van der Waals surface area contributed by atoms with Gasteiger partial charge in [0.05, 0.1) is 15.5 Å². The molecule has 1 aliphatic rings. The van der Waals surface area contributed by atoms with Crippen LogP contribution in [0.2, 0.25) is 0 Å². The quantitative estimate of drug-likeness (QED) is 0.454. The summed E-state index contributed by atoms with van der Waals surface area (Å²) in [6.45, 7) is 3.36. The molecule has 3 rings (SSSR count). The molecule has 1 aliphatic heterocycles. The van der Waals surface area contributed by atoms with E-state index in [1.807, 2.05) is 6.07 Å². The molecule has 0 bridgehead atoms. The Morgan fingerprint density at radius 2 is 2.10 bits per heavy atom. The van der Waals surface area contributed by atoms with Gasteiger partial charge in [-0.25, -0.2) is 4.99 Å². The summed E-state index contributed by atoms with van der Waals surface area (Å²) < 4.78 is 5.37. The lowest BCUT2D eigenvalue weighted by atomic mass is 10.1. The van der Waals surface area contributed by atoms with Crippen LogP contribution in [0.3, 0.4) is 0 Å². The number of amides is 1. The predicted molar refractivity (Wildman–Crippen MR) is 111 cm³/mol. The van der Waals surface area contributed by atoms with Crippen molar-refractivity contribution in [2.45, 2.75) is 13.8 Å². The number of aliphatic imine (C=N–C) groups is 1. The minimum absolute atomic E-state index is 0.0157. The molecule has 1 amide bonds. The maximum absolute atomic E-state index is 12.3. The van der Waals surface area contributed by atoms with Crippen molar-refractivity contribution in [1.29, 1.82) is 5.26 Å². The van der Waals surface area contributed by atoms with E-state index in [1.54, 1.807) is 50.3 Å². The van der Waals surface area contributed by atoms with Crippen LogP contribution in [0.15, 0.2) is 46.3 Å². The Hall–Kier alpha value is -3.64. The third kappa shape index (κ3) is 4.62. The number of nitrogens with zero attached hydrogens (tertiary/aromatic N) is 3. The first-order valence-corrected chi connectivity index (χ1v) is 9.34. The molecular weight excluding hydrogens is 392 g/mol. The van der Waals surface area contributed by atoms with Crippen molar-refractivity contribution < 1.29 is 14.5 Å². The fraction of sp³-hybridized carbons (Fsp3) is 0.150. The number of nitro groups is 1. The maximum Gasteiger partial charge on any atom is 0.274 e. The highest BCUT2D eigenvalue weighted by atomic mass is 32.2. The zero-order valence-electron chi connectivity index (χ0n) is 15.6. The van der Waals surface area contributed by atoms with Gasteiger partial charge in [0.2, 0.25) is 0 Å². The molecule has 29 heavy (non-hydrogen) atoms. The summed E-state index contributed by atoms with van der Waals surface area (Å²) in [7, 11) is 0. The van der Waals surface area contributed by atoms with E-state index in [2.05, 4.69) is 10.3 Å². The molecule has 1 N–H and O–H groups in total. The maximum atomic E-state index is 12.3. The van der Waals surface area contributed by atoms with Crippen LogP contribution in [-0.2, 0) is 4.79 Å². The van der Waals surface area contributed by atoms with Crippen molar-refractivity contribution in [2.75, 3.05) is 6.61 Å². The van der Waals surface area contributed by atoms with Gasteiger partial charge in [-0.05, 0) is 49.4 Å². The molecule has 0 saturated carbocycles. The van der Waals surface area contributed by atoms with Crippen LogP contribution in [0.25, 0.3) is 6.08 Å². The molecule has 2 aromatic rings. The van der Waals surface area contributed by atoms with Gasteiger partial charge in [-0.2, -0.15) is 5.26 Å². The number of nitriles is 1. The van der Waals surface area contributed by atoms with Gasteiger partial charge in [0.1, 0.15) is 11.8 Å². The van der Waals surface area contributed by atoms with Gasteiger partial charge >= 0.3 is 0 Å². The lowest BCUT2D eigenvalue weighted by Crippen LogP contribution is -2.19. The van der Waals surface area contributed by atoms with E-state index in [-0.39, 0.29) is 18.2 Å². The van der Waals surface area contributed by atoms with Gasteiger partial charge in [-0.15, -0.1) is 0 Å². The van der Waals surface area contributed by atoms with Gasteiger partial charge < -0.3 is 10.1 Å². The minimum Gasteiger partial charge on any atom is -0.478 e. The van der Waals surface area contributed by atoms with E-state index in [0.717, 1.165) is 17.3 Å². The number of nitro benzene ring substituents is 1. The topological polar surface area (TPSA) is 118 Å². The zero-order valence-corrected chi connectivity index (χ0v) is 16.4. The van der Waals surface area contributed by atoms with Gasteiger partial charge in [-0.1, -0.05) is 18.2 Å². The standard InChI is InChI=1S/C20H16N4O4S/c1-12-9-15(11-16(13(12)2)24(26)27)22-20-23-19(25)18(29-20)10-14-5-3-4-6-17(14)28-8-7-21/h3-6,9-11H,8H2,1-2H3,(H,22,23,25)/b18-10-. The number of hydrogen-bond donors (Lipinski definition) is 1. The van der Waals surface area contributed by atoms with E-state index in [0.29, 0.717) is 32.6 Å². The molecule has 9 heteroatoms. The molecule has 146 valence electrons. The fourth-order valence-corrected chi connectivity index (χ4v) is 3.49. The number of benzene rings is 2. The van der Waals surface area contributed by atoms with Crippen molar-refractivity contribution in [1.82, 2.24) is 5.32 Å². The normalized spacial score (nSPS) is 16.0. The third-order valence-corrected chi connectivity index (χ3v) is 5.11. The highest BCUT2D eigenvalue weighted by Crippen LogP contribution is 2.32. The minimum atomic E-state index is -0.449. The van der Waals surface area contributed by atoms with Gasteiger partial charge in [0.25, 0.3) is 11.6 Å². The van der Waals surface area contributed by atoms with Crippen molar-refractivity contribution in [3.8, 4) is 11.8 Å². The number of ether oxygens (including phenoxy) is 1. The summed E-state index contributed by atoms with van der Waals surface area (Å²) in [5, 5.41) is 22.9. The number of carbonyl (C=O) groups is 1. The van der Waals surface area contributed by atoms with Crippen LogP contribution in [0, 0.1) is 35.3 Å². The number of carbonyl (C=O) groups excluding carboxylic acids is 1. The number of para-hydroxylation sites is 1. The highest BCUT2D eigenvalue weighted by Gasteiger charge is 2.25. The second-order valence-electron chi connectivity index (χ2n) is 6.13. The van der Waals surface area contributed by atoms with Crippen molar-refractivity contribution in [2.24, 2.45) is 4.99 Å². The van der Waals surface area contributed by atoms with Crippen LogP contribution in [0.4, 0.5) is 11.4 Å². The van der Waals surface area contributed by atoms with Gasteiger partial charge in [-0.3, -0.25) is 14.9 Å².